The maximum atomic E-state index is 11.2. The lowest BCUT2D eigenvalue weighted by Gasteiger charge is -2.06. The first-order chi connectivity index (χ1) is 7.09. The van der Waals surface area contributed by atoms with Gasteiger partial charge in [0.05, 0.1) is 12.3 Å². The Morgan fingerprint density at radius 1 is 1.33 bits per heavy atom. The van der Waals surface area contributed by atoms with Crippen molar-refractivity contribution in [3.8, 4) is 5.75 Å². The number of benzene rings is 1. The van der Waals surface area contributed by atoms with E-state index in [0.29, 0.717) is 5.75 Å². The van der Waals surface area contributed by atoms with Gasteiger partial charge in [-0.15, -0.1) is 0 Å². The van der Waals surface area contributed by atoms with Crippen molar-refractivity contribution in [1.82, 2.24) is 0 Å². The van der Waals surface area contributed by atoms with Crippen LogP contribution in [0.3, 0.4) is 0 Å². The van der Waals surface area contributed by atoms with Crippen LogP contribution in [-0.2, 0) is 9.59 Å². The number of carbonyl (C=O) groups is 2. The number of rotatable bonds is 4. The fourth-order valence-corrected chi connectivity index (χ4v) is 0.999. The zero-order valence-corrected chi connectivity index (χ0v) is 8.34. The fourth-order valence-electron chi connectivity index (χ4n) is 0.999. The maximum absolute atomic E-state index is 11.2. The molecule has 0 aliphatic carbocycles. The molecule has 1 aromatic rings. The third-order valence-corrected chi connectivity index (χ3v) is 1.87. The zero-order valence-electron chi connectivity index (χ0n) is 8.34. The summed E-state index contributed by atoms with van der Waals surface area (Å²) in [6.07, 6.45) is -0.121. The van der Waals surface area contributed by atoms with Gasteiger partial charge in [-0.2, -0.15) is 0 Å². The lowest BCUT2D eigenvalue weighted by atomic mass is 10.1. The van der Waals surface area contributed by atoms with E-state index in [0.717, 1.165) is 0 Å². The summed E-state index contributed by atoms with van der Waals surface area (Å²) in [4.78, 5) is 21.7. The Balaban J connectivity index is 2.47. The molecule has 1 aromatic carbocycles. The summed E-state index contributed by atoms with van der Waals surface area (Å²) in [5.74, 6) is -1.82. The number of aliphatic carboxylic acids is 1. The normalized spacial score (nSPS) is 11.8. The molecule has 0 fully saturated rings. The second-order valence-corrected chi connectivity index (χ2v) is 3.23. The van der Waals surface area contributed by atoms with Gasteiger partial charge in [0.1, 0.15) is 5.75 Å². The summed E-state index contributed by atoms with van der Waals surface area (Å²) in [6, 6.07) is 8.57. The van der Waals surface area contributed by atoms with Crippen molar-refractivity contribution in [3.05, 3.63) is 30.3 Å². The second-order valence-electron chi connectivity index (χ2n) is 3.23. The lowest BCUT2D eigenvalue weighted by Crippen LogP contribution is -2.18. The fraction of sp³-hybridized carbons (Fsp3) is 0.273. The first kappa shape index (κ1) is 11.2. The number of para-hydroxylation sites is 1. The summed E-state index contributed by atoms with van der Waals surface area (Å²) in [5.41, 5.74) is 0. The van der Waals surface area contributed by atoms with Crippen LogP contribution in [-0.4, -0.2) is 17.0 Å². The van der Waals surface area contributed by atoms with Gasteiger partial charge in [-0.25, -0.2) is 0 Å². The molecule has 0 radical (unpaired) electrons. The molecule has 80 valence electrons. The quantitative estimate of drug-likeness (QED) is 0.604. The Bertz CT molecular complexity index is 345. The minimum atomic E-state index is -1.000. The summed E-state index contributed by atoms with van der Waals surface area (Å²) in [6.45, 7) is 1.47. The number of hydrogen-bond acceptors (Lipinski definition) is 3. The number of carboxylic acids is 1. The standard InChI is InChI=1S/C11H12O4/c1-8(11(13)14)7-10(12)15-9-5-3-2-4-6-9/h2-6,8H,7H2,1H3,(H,13,14). The van der Waals surface area contributed by atoms with Gasteiger partial charge < -0.3 is 9.84 Å². The van der Waals surface area contributed by atoms with E-state index in [-0.39, 0.29) is 6.42 Å². The number of carboxylic acid groups (broad SMARTS) is 1. The topological polar surface area (TPSA) is 63.6 Å². The van der Waals surface area contributed by atoms with Crippen LogP contribution in [0.2, 0.25) is 0 Å². The summed E-state index contributed by atoms with van der Waals surface area (Å²) in [7, 11) is 0. The molecule has 0 saturated heterocycles. The Kier molecular flexibility index (Phi) is 3.85. The molecule has 4 nitrogen and oxygen atoms in total. The SMILES string of the molecule is CC(CC(=O)Oc1ccccc1)C(=O)O. The molecule has 0 heterocycles. The molecular weight excluding hydrogens is 196 g/mol. The van der Waals surface area contributed by atoms with Crippen molar-refractivity contribution >= 4 is 11.9 Å². The van der Waals surface area contributed by atoms with Crippen LogP contribution in [0.1, 0.15) is 13.3 Å². The number of carbonyl (C=O) groups excluding carboxylic acids is 1. The molecule has 1 atom stereocenters. The van der Waals surface area contributed by atoms with Crippen LogP contribution in [0.15, 0.2) is 30.3 Å². The molecule has 1 rings (SSSR count). The Morgan fingerprint density at radius 3 is 2.47 bits per heavy atom. The largest absolute Gasteiger partial charge is 0.481 e. The first-order valence-electron chi connectivity index (χ1n) is 4.58. The highest BCUT2D eigenvalue weighted by Crippen LogP contribution is 2.11. The monoisotopic (exact) mass is 208 g/mol. The predicted octanol–water partition coefficient (Wildman–Crippen LogP) is 1.70. The van der Waals surface area contributed by atoms with Crippen molar-refractivity contribution in [2.45, 2.75) is 13.3 Å². The van der Waals surface area contributed by atoms with E-state index in [1.54, 1.807) is 30.3 Å². The summed E-state index contributed by atoms with van der Waals surface area (Å²) >= 11 is 0. The molecule has 0 aromatic heterocycles. The van der Waals surface area contributed by atoms with Gasteiger partial charge in [-0.05, 0) is 12.1 Å². The van der Waals surface area contributed by atoms with E-state index < -0.39 is 17.9 Å². The molecule has 4 heteroatoms. The van der Waals surface area contributed by atoms with Gasteiger partial charge in [0.2, 0.25) is 0 Å². The molecule has 0 bridgehead atoms. The second kappa shape index (κ2) is 5.14. The van der Waals surface area contributed by atoms with Crippen LogP contribution in [0.25, 0.3) is 0 Å². The van der Waals surface area contributed by atoms with Gasteiger partial charge in [0.25, 0.3) is 0 Å². The average molecular weight is 208 g/mol. The van der Waals surface area contributed by atoms with Crippen molar-refractivity contribution in [2.75, 3.05) is 0 Å². The van der Waals surface area contributed by atoms with Crippen molar-refractivity contribution in [2.24, 2.45) is 5.92 Å². The van der Waals surface area contributed by atoms with E-state index in [1.165, 1.54) is 6.92 Å². The molecule has 15 heavy (non-hydrogen) atoms. The van der Waals surface area contributed by atoms with Crippen LogP contribution in [0.5, 0.6) is 5.75 Å². The molecular formula is C11H12O4. The minimum absolute atomic E-state index is 0.121. The van der Waals surface area contributed by atoms with Crippen LogP contribution < -0.4 is 4.74 Å². The third kappa shape index (κ3) is 3.81. The van der Waals surface area contributed by atoms with Gasteiger partial charge in [-0.1, -0.05) is 25.1 Å². The van der Waals surface area contributed by atoms with E-state index in [1.807, 2.05) is 0 Å². The van der Waals surface area contributed by atoms with Crippen LogP contribution in [0.4, 0.5) is 0 Å². The highest BCUT2D eigenvalue weighted by atomic mass is 16.5. The smallest absolute Gasteiger partial charge is 0.312 e. The average Bonchev–Trinajstić information content (AvgIpc) is 2.18. The van der Waals surface area contributed by atoms with Crippen molar-refractivity contribution in [3.63, 3.8) is 0 Å². The minimum Gasteiger partial charge on any atom is -0.481 e. The van der Waals surface area contributed by atoms with Gasteiger partial charge in [0, 0.05) is 0 Å². The lowest BCUT2D eigenvalue weighted by molar-refractivity contribution is -0.146. The highest BCUT2D eigenvalue weighted by Gasteiger charge is 2.16. The summed E-state index contributed by atoms with van der Waals surface area (Å²) in [5, 5.41) is 8.59. The predicted molar refractivity (Wildman–Crippen MR) is 53.5 cm³/mol. The highest BCUT2D eigenvalue weighted by molar-refractivity contribution is 5.79. The van der Waals surface area contributed by atoms with E-state index >= 15 is 0 Å². The number of esters is 1. The molecule has 0 amide bonds. The Hall–Kier alpha value is -1.84. The van der Waals surface area contributed by atoms with Crippen LogP contribution >= 0.6 is 0 Å². The first-order valence-corrected chi connectivity index (χ1v) is 4.58. The van der Waals surface area contributed by atoms with Gasteiger partial charge in [-0.3, -0.25) is 9.59 Å². The van der Waals surface area contributed by atoms with Crippen molar-refractivity contribution in [1.29, 1.82) is 0 Å². The zero-order chi connectivity index (χ0) is 11.3. The molecule has 1 N–H and O–H groups in total. The maximum Gasteiger partial charge on any atom is 0.312 e. The Morgan fingerprint density at radius 2 is 1.93 bits per heavy atom. The number of ether oxygens (including phenoxy) is 1. The molecule has 0 saturated carbocycles. The molecule has 0 aliphatic heterocycles. The number of hydrogen-bond donors (Lipinski definition) is 1. The summed E-state index contributed by atoms with van der Waals surface area (Å²) < 4.78 is 4.93. The van der Waals surface area contributed by atoms with E-state index in [9.17, 15) is 9.59 Å². The third-order valence-electron chi connectivity index (χ3n) is 1.87. The van der Waals surface area contributed by atoms with Gasteiger partial charge in [0.15, 0.2) is 0 Å². The Labute approximate surface area is 87.5 Å². The molecule has 0 spiro atoms. The van der Waals surface area contributed by atoms with Gasteiger partial charge >= 0.3 is 11.9 Å². The van der Waals surface area contributed by atoms with Crippen LogP contribution in [0, 0.1) is 5.92 Å². The van der Waals surface area contributed by atoms with E-state index in [4.69, 9.17) is 9.84 Å². The van der Waals surface area contributed by atoms with Crippen molar-refractivity contribution < 1.29 is 19.4 Å². The van der Waals surface area contributed by atoms with E-state index in [2.05, 4.69) is 0 Å². The molecule has 1 unspecified atom stereocenters. The molecule has 0 aliphatic rings.